The van der Waals surface area contributed by atoms with E-state index < -0.39 is 11.6 Å². The van der Waals surface area contributed by atoms with Crippen LogP contribution in [0, 0.1) is 11.6 Å². The first-order valence-electron chi connectivity index (χ1n) is 6.55. The number of carbonyl (C=O) groups is 1. The molecule has 0 saturated heterocycles. The maximum Gasteiger partial charge on any atom is 0.224 e. The monoisotopic (exact) mass is 270 g/mol. The van der Waals surface area contributed by atoms with Crippen LogP contribution in [0.25, 0.3) is 0 Å². The Hall–Kier alpha value is -1.49. The van der Waals surface area contributed by atoms with Gasteiger partial charge in [0, 0.05) is 12.1 Å². The van der Waals surface area contributed by atoms with Crippen LogP contribution in [0.5, 0.6) is 0 Å². The summed E-state index contributed by atoms with van der Waals surface area (Å²) in [6.45, 7) is 1.24. The molecule has 0 atom stereocenters. The Morgan fingerprint density at radius 2 is 1.89 bits per heavy atom. The van der Waals surface area contributed by atoms with Gasteiger partial charge in [0.2, 0.25) is 5.91 Å². The molecule has 0 spiro atoms. The molecule has 0 bridgehead atoms. The van der Waals surface area contributed by atoms with Gasteiger partial charge in [0.05, 0.1) is 6.42 Å². The summed E-state index contributed by atoms with van der Waals surface area (Å²) in [7, 11) is 0. The van der Waals surface area contributed by atoms with Crippen LogP contribution in [0.2, 0.25) is 0 Å². The van der Waals surface area contributed by atoms with Gasteiger partial charge >= 0.3 is 0 Å². The minimum Gasteiger partial charge on any atom is -0.356 e. The molecule has 3 N–H and O–H groups in total. The van der Waals surface area contributed by atoms with Gasteiger partial charge in [-0.15, -0.1) is 0 Å². The molecule has 106 valence electrons. The summed E-state index contributed by atoms with van der Waals surface area (Å²) in [5, 5.41) is 2.70. The SMILES string of the molecule is NCCCCCCNC(=O)Cc1cccc(F)c1F. The molecule has 0 aliphatic heterocycles. The summed E-state index contributed by atoms with van der Waals surface area (Å²) in [5.41, 5.74) is 5.45. The van der Waals surface area contributed by atoms with Crippen molar-refractivity contribution in [2.24, 2.45) is 5.73 Å². The summed E-state index contributed by atoms with van der Waals surface area (Å²) in [6.07, 6.45) is 3.78. The number of halogens is 2. The lowest BCUT2D eigenvalue weighted by molar-refractivity contribution is -0.120. The molecule has 0 aliphatic rings. The van der Waals surface area contributed by atoms with Crippen molar-refractivity contribution in [3.8, 4) is 0 Å². The van der Waals surface area contributed by atoms with Gasteiger partial charge in [-0.1, -0.05) is 25.0 Å². The predicted octanol–water partition coefficient (Wildman–Crippen LogP) is 2.14. The van der Waals surface area contributed by atoms with Crippen molar-refractivity contribution in [3.63, 3.8) is 0 Å². The zero-order valence-electron chi connectivity index (χ0n) is 10.9. The molecule has 0 aliphatic carbocycles. The average Bonchev–Trinajstić information content (AvgIpc) is 2.39. The first-order chi connectivity index (χ1) is 9.15. The number of hydrogen-bond donors (Lipinski definition) is 2. The van der Waals surface area contributed by atoms with Gasteiger partial charge in [0.1, 0.15) is 0 Å². The molecular weight excluding hydrogens is 250 g/mol. The Morgan fingerprint density at radius 1 is 1.16 bits per heavy atom. The Bertz CT molecular complexity index is 410. The highest BCUT2D eigenvalue weighted by Crippen LogP contribution is 2.11. The van der Waals surface area contributed by atoms with Crippen LogP contribution >= 0.6 is 0 Å². The summed E-state index contributed by atoms with van der Waals surface area (Å²) >= 11 is 0. The molecule has 5 heteroatoms. The topological polar surface area (TPSA) is 55.1 Å². The Kier molecular flexibility index (Phi) is 7.03. The molecule has 0 radical (unpaired) electrons. The van der Waals surface area contributed by atoms with Crippen molar-refractivity contribution in [3.05, 3.63) is 35.4 Å². The van der Waals surface area contributed by atoms with Crippen molar-refractivity contribution in [2.45, 2.75) is 32.1 Å². The van der Waals surface area contributed by atoms with Crippen molar-refractivity contribution in [1.29, 1.82) is 0 Å². The van der Waals surface area contributed by atoms with E-state index in [0.29, 0.717) is 13.1 Å². The van der Waals surface area contributed by atoms with Crippen LogP contribution in [0.3, 0.4) is 0 Å². The number of hydrogen-bond acceptors (Lipinski definition) is 2. The predicted molar refractivity (Wildman–Crippen MR) is 70.6 cm³/mol. The molecule has 1 amide bonds. The quantitative estimate of drug-likeness (QED) is 0.711. The van der Waals surface area contributed by atoms with Crippen molar-refractivity contribution < 1.29 is 13.6 Å². The van der Waals surface area contributed by atoms with Crippen LogP contribution in [0.4, 0.5) is 8.78 Å². The summed E-state index contributed by atoms with van der Waals surface area (Å²) in [6, 6.07) is 3.85. The van der Waals surface area contributed by atoms with E-state index in [4.69, 9.17) is 5.73 Å². The molecule has 0 saturated carbocycles. The Balaban J connectivity index is 2.26. The number of rotatable bonds is 8. The lowest BCUT2D eigenvalue weighted by atomic mass is 10.1. The van der Waals surface area contributed by atoms with Crippen LogP contribution < -0.4 is 11.1 Å². The lowest BCUT2D eigenvalue weighted by Gasteiger charge is -2.06. The van der Waals surface area contributed by atoms with Gasteiger partial charge < -0.3 is 11.1 Å². The van der Waals surface area contributed by atoms with Crippen LogP contribution in [-0.2, 0) is 11.2 Å². The summed E-state index contributed by atoms with van der Waals surface area (Å²) < 4.78 is 26.3. The van der Waals surface area contributed by atoms with Gasteiger partial charge in [-0.25, -0.2) is 8.78 Å². The zero-order valence-corrected chi connectivity index (χ0v) is 10.9. The van der Waals surface area contributed by atoms with Crippen molar-refractivity contribution >= 4 is 5.91 Å². The van der Waals surface area contributed by atoms with Gasteiger partial charge in [0.25, 0.3) is 0 Å². The smallest absolute Gasteiger partial charge is 0.224 e. The second-order valence-corrected chi connectivity index (χ2v) is 4.44. The largest absolute Gasteiger partial charge is 0.356 e. The molecule has 0 heterocycles. The van der Waals surface area contributed by atoms with Crippen LogP contribution in [0.15, 0.2) is 18.2 Å². The third-order valence-electron chi connectivity index (χ3n) is 2.84. The number of unbranched alkanes of at least 4 members (excludes halogenated alkanes) is 3. The highest BCUT2D eigenvalue weighted by atomic mass is 19.2. The second kappa shape index (κ2) is 8.58. The van der Waals surface area contributed by atoms with E-state index in [1.807, 2.05) is 0 Å². The molecular formula is C14H20F2N2O. The molecule has 0 unspecified atom stereocenters. The maximum absolute atomic E-state index is 13.3. The first kappa shape index (κ1) is 15.6. The Labute approximate surface area is 112 Å². The van der Waals surface area contributed by atoms with Crippen LogP contribution in [0.1, 0.15) is 31.2 Å². The van der Waals surface area contributed by atoms with E-state index in [2.05, 4.69) is 5.32 Å². The molecule has 19 heavy (non-hydrogen) atoms. The van der Waals surface area contributed by atoms with E-state index in [-0.39, 0.29) is 17.9 Å². The van der Waals surface area contributed by atoms with Gasteiger partial charge in [0.15, 0.2) is 11.6 Å². The first-order valence-corrected chi connectivity index (χ1v) is 6.55. The fourth-order valence-corrected chi connectivity index (χ4v) is 1.77. The molecule has 0 fully saturated rings. The Morgan fingerprint density at radius 3 is 2.63 bits per heavy atom. The number of benzene rings is 1. The maximum atomic E-state index is 13.3. The summed E-state index contributed by atoms with van der Waals surface area (Å²) in [5.74, 6) is -2.16. The standard InChI is InChI=1S/C14H20F2N2O/c15-12-7-5-6-11(14(12)16)10-13(19)18-9-4-2-1-3-8-17/h5-7H,1-4,8-10,17H2,(H,18,19). The minimum absolute atomic E-state index is 0.0839. The van der Waals surface area contributed by atoms with Crippen LogP contribution in [-0.4, -0.2) is 19.0 Å². The van der Waals surface area contributed by atoms with E-state index in [1.54, 1.807) is 0 Å². The van der Waals surface area contributed by atoms with E-state index in [0.717, 1.165) is 31.7 Å². The zero-order chi connectivity index (χ0) is 14.1. The molecule has 3 nitrogen and oxygen atoms in total. The van der Waals surface area contributed by atoms with E-state index in [1.165, 1.54) is 12.1 Å². The second-order valence-electron chi connectivity index (χ2n) is 4.44. The highest BCUT2D eigenvalue weighted by Gasteiger charge is 2.10. The van der Waals surface area contributed by atoms with Gasteiger partial charge in [-0.05, 0) is 25.5 Å². The van der Waals surface area contributed by atoms with Crippen molar-refractivity contribution in [2.75, 3.05) is 13.1 Å². The molecule has 1 rings (SSSR count). The fourth-order valence-electron chi connectivity index (χ4n) is 1.77. The highest BCUT2D eigenvalue weighted by molar-refractivity contribution is 5.78. The number of nitrogens with two attached hydrogens (primary N) is 1. The molecule has 1 aromatic carbocycles. The average molecular weight is 270 g/mol. The third-order valence-corrected chi connectivity index (χ3v) is 2.84. The fraction of sp³-hybridized carbons (Fsp3) is 0.500. The third kappa shape index (κ3) is 5.79. The number of carbonyl (C=O) groups excluding carboxylic acids is 1. The van der Waals surface area contributed by atoms with Crippen molar-refractivity contribution in [1.82, 2.24) is 5.32 Å². The van der Waals surface area contributed by atoms with Gasteiger partial charge in [-0.2, -0.15) is 0 Å². The molecule has 1 aromatic rings. The number of nitrogens with one attached hydrogen (secondary N) is 1. The number of amides is 1. The van der Waals surface area contributed by atoms with E-state index in [9.17, 15) is 13.6 Å². The summed E-state index contributed by atoms with van der Waals surface area (Å²) in [4.78, 5) is 11.5. The minimum atomic E-state index is -0.944. The van der Waals surface area contributed by atoms with Gasteiger partial charge in [-0.3, -0.25) is 4.79 Å². The lowest BCUT2D eigenvalue weighted by Crippen LogP contribution is -2.26. The molecule has 0 aromatic heterocycles. The van der Waals surface area contributed by atoms with E-state index >= 15 is 0 Å². The normalized spacial score (nSPS) is 10.5.